The van der Waals surface area contributed by atoms with Crippen molar-refractivity contribution in [1.82, 2.24) is 9.21 Å². The molecule has 0 N–H and O–H groups in total. The number of nitro groups is 1. The molecule has 1 aliphatic heterocycles. The molecule has 2 aromatic carbocycles. The highest BCUT2D eigenvalue weighted by molar-refractivity contribution is 7.89. The maximum atomic E-state index is 13.2. The summed E-state index contributed by atoms with van der Waals surface area (Å²) < 4.78 is 33.7. The molecule has 0 amide bonds. The molecule has 1 fully saturated rings. The Morgan fingerprint density at radius 1 is 1.00 bits per heavy atom. The van der Waals surface area contributed by atoms with Gasteiger partial charge in [-0.2, -0.15) is 4.31 Å². The molecule has 1 aliphatic rings. The summed E-state index contributed by atoms with van der Waals surface area (Å²) in [5.74, 6) is 0.599. The molecule has 1 saturated heterocycles. The van der Waals surface area contributed by atoms with Gasteiger partial charge in [0, 0.05) is 38.3 Å². The second-order valence-electron chi connectivity index (χ2n) is 6.97. The van der Waals surface area contributed by atoms with Gasteiger partial charge in [0.05, 0.1) is 4.92 Å². The van der Waals surface area contributed by atoms with Crippen molar-refractivity contribution in [2.45, 2.75) is 18.7 Å². The molecule has 0 atom stereocenters. The lowest BCUT2D eigenvalue weighted by Crippen LogP contribution is -2.47. The van der Waals surface area contributed by atoms with Crippen LogP contribution in [-0.4, -0.2) is 55.8 Å². The Labute approximate surface area is 164 Å². The number of hydrogen-bond acceptors (Lipinski definition) is 6. The fourth-order valence-corrected chi connectivity index (χ4v) is 4.56. The van der Waals surface area contributed by atoms with E-state index in [1.54, 1.807) is 0 Å². The van der Waals surface area contributed by atoms with Gasteiger partial charge < -0.3 is 9.64 Å². The van der Waals surface area contributed by atoms with Gasteiger partial charge >= 0.3 is 0 Å². The number of piperazine rings is 1. The van der Waals surface area contributed by atoms with Crippen molar-refractivity contribution < 1.29 is 18.1 Å². The first-order valence-electron chi connectivity index (χ1n) is 8.91. The number of sulfonamides is 1. The minimum absolute atomic E-state index is 0.0817. The van der Waals surface area contributed by atoms with Gasteiger partial charge in [-0.1, -0.05) is 12.1 Å². The quantitative estimate of drug-likeness (QED) is 0.561. The Kier molecular flexibility index (Phi) is 5.69. The van der Waals surface area contributed by atoms with Crippen LogP contribution in [0.4, 0.5) is 5.69 Å². The SMILES string of the molecule is Cc1ccc(C)c(Oc2ccc([N+](=O)[O-])cc2S(=O)(=O)N2CCN(C)CC2)c1. The first-order chi connectivity index (χ1) is 13.2. The third-order valence-electron chi connectivity index (χ3n) is 4.78. The summed E-state index contributed by atoms with van der Waals surface area (Å²) >= 11 is 0. The Morgan fingerprint density at radius 2 is 1.68 bits per heavy atom. The van der Waals surface area contributed by atoms with Crippen LogP contribution in [-0.2, 0) is 10.0 Å². The molecule has 0 spiro atoms. The predicted octanol–water partition coefficient (Wildman–Crippen LogP) is 2.94. The molecule has 3 rings (SSSR count). The second kappa shape index (κ2) is 7.86. The van der Waals surface area contributed by atoms with E-state index in [-0.39, 0.29) is 16.3 Å². The van der Waals surface area contributed by atoms with E-state index >= 15 is 0 Å². The molecule has 0 bridgehead atoms. The highest BCUT2D eigenvalue weighted by atomic mass is 32.2. The van der Waals surface area contributed by atoms with Gasteiger partial charge in [-0.15, -0.1) is 0 Å². The van der Waals surface area contributed by atoms with Crippen LogP contribution >= 0.6 is 0 Å². The molecule has 0 aliphatic carbocycles. The molecular weight excluding hydrogens is 382 g/mol. The lowest BCUT2D eigenvalue weighted by Gasteiger charge is -2.31. The third kappa shape index (κ3) is 4.16. The average molecular weight is 405 g/mol. The van der Waals surface area contributed by atoms with Gasteiger partial charge in [0.1, 0.15) is 16.4 Å². The lowest BCUT2D eigenvalue weighted by atomic mass is 10.1. The van der Waals surface area contributed by atoms with E-state index in [2.05, 4.69) is 0 Å². The van der Waals surface area contributed by atoms with Crippen LogP contribution in [0.1, 0.15) is 11.1 Å². The van der Waals surface area contributed by atoms with Gasteiger partial charge in [-0.3, -0.25) is 10.1 Å². The number of nitrogens with zero attached hydrogens (tertiary/aromatic N) is 3. The Morgan fingerprint density at radius 3 is 2.32 bits per heavy atom. The van der Waals surface area contributed by atoms with Crippen LogP contribution in [0.2, 0.25) is 0 Å². The van der Waals surface area contributed by atoms with Crippen molar-refractivity contribution in [3.63, 3.8) is 0 Å². The van der Waals surface area contributed by atoms with E-state index in [4.69, 9.17) is 4.74 Å². The molecule has 0 unspecified atom stereocenters. The monoisotopic (exact) mass is 405 g/mol. The van der Waals surface area contributed by atoms with Crippen molar-refractivity contribution >= 4 is 15.7 Å². The highest BCUT2D eigenvalue weighted by Gasteiger charge is 2.32. The number of rotatable bonds is 5. The molecule has 8 nitrogen and oxygen atoms in total. The summed E-state index contributed by atoms with van der Waals surface area (Å²) in [7, 11) is -2.01. The summed E-state index contributed by atoms with van der Waals surface area (Å²) in [6.07, 6.45) is 0. The largest absolute Gasteiger partial charge is 0.456 e. The van der Waals surface area contributed by atoms with E-state index in [1.807, 2.05) is 44.0 Å². The number of hydrogen-bond donors (Lipinski definition) is 0. The predicted molar refractivity (Wildman–Crippen MR) is 105 cm³/mol. The summed E-state index contributed by atoms with van der Waals surface area (Å²) in [5.41, 5.74) is 1.51. The summed E-state index contributed by atoms with van der Waals surface area (Å²) in [5, 5.41) is 11.2. The smallest absolute Gasteiger partial charge is 0.271 e. The van der Waals surface area contributed by atoms with Crippen LogP contribution in [0.15, 0.2) is 41.3 Å². The van der Waals surface area contributed by atoms with Crippen LogP contribution in [0.5, 0.6) is 11.5 Å². The van der Waals surface area contributed by atoms with Crippen molar-refractivity contribution in [2.24, 2.45) is 0 Å². The summed E-state index contributed by atoms with van der Waals surface area (Å²) in [4.78, 5) is 12.5. The zero-order valence-electron chi connectivity index (χ0n) is 16.1. The van der Waals surface area contributed by atoms with Crippen molar-refractivity contribution in [3.05, 3.63) is 57.6 Å². The average Bonchev–Trinajstić information content (AvgIpc) is 2.65. The Bertz CT molecular complexity index is 999. The molecule has 0 radical (unpaired) electrons. The van der Waals surface area contributed by atoms with Gasteiger partial charge in [0.15, 0.2) is 0 Å². The van der Waals surface area contributed by atoms with Crippen molar-refractivity contribution in [3.8, 4) is 11.5 Å². The minimum atomic E-state index is -3.94. The van der Waals surface area contributed by atoms with Crippen LogP contribution in [0, 0.1) is 24.0 Å². The van der Waals surface area contributed by atoms with E-state index in [9.17, 15) is 18.5 Å². The summed E-state index contributed by atoms with van der Waals surface area (Å²) in [6, 6.07) is 9.30. The topological polar surface area (TPSA) is 93.0 Å². The molecule has 2 aromatic rings. The van der Waals surface area contributed by atoms with Crippen molar-refractivity contribution in [1.29, 1.82) is 0 Å². The molecule has 0 aromatic heterocycles. The third-order valence-corrected chi connectivity index (χ3v) is 6.70. The molecule has 28 heavy (non-hydrogen) atoms. The van der Waals surface area contributed by atoms with Crippen LogP contribution in [0.3, 0.4) is 0 Å². The van der Waals surface area contributed by atoms with Crippen molar-refractivity contribution in [2.75, 3.05) is 33.2 Å². The Hall–Kier alpha value is -2.49. The lowest BCUT2D eigenvalue weighted by molar-refractivity contribution is -0.385. The fraction of sp³-hybridized carbons (Fsp3) is 0.368. The zero-order valence-corrected chi connectivity index (χ0v) is 16.9. The maximum Gasteiger partial charge on any atom is 0.271 e. The molecule has 0 saturated carbocycles. The second-order valence-corrected chi connectivity index (χ2v) is 8.87. The molecule has 9 heteroatoms. The number of benzene rings is 2. The fourth-order valence-electron chi connectivity index (χ4n) is 3.00. The van der Waals surface area contributed by atoms with Gasteiger partial charge in [-0.05, 0) is 44.2 Å². The Balaban J connectivity index is 2.06. The number of likely N-dealkylation sites (N-methyl/N-ethyl adjacent to an activating group) is 1. The molecule has 1 heterocycles. The number of ether oxygens (including phenoxy) is 1. The van der Waals surface area contributed by atoms with E-state index in [0.717, 1.165) is 17.2 Å². The molecule has 150 valence electrons. The van der Waals surface area contributed by atoms with Crippen LogP contribution in [0.25, 0.3) is 0 Å². The highest BCUT2D eigenvalue weighted by Crippen LogP contribution is 2.35. The normalized spacial score (nSPS) is 16.1. The van der Waals surface area contributed by atoms with Gasteiger partial charge in [-0.25, -0.2) is 8.42 Å². The maximum absolute atomic E-state index is 13.2. The van der Waals surface area contributed by atoms with Crippen LogP contribution < -0.4 is 4.74 Å². The van der Waals surface area contributed by atoms with E-state index < -0.39 is 14.9 Å². The zero-order chi connectivity index (χ0) is 20.5. The van der Waals surface area contributed by atoms with E-state index in [0.29, 0.717) is 31.9 Å². The first kappa shape index (κ1) is 20.2. The minimum Gasteiger partial charge on any atom is -0.456 e. The van der Waals surface area contributed by atoms with Gasteiger partial charge in [0.2, 0.25) is 10.0 Å². The number of aryl methyl sites for hydroxylation is 2. The number of non-ortho nitro benzene ring substituents is 1. The standard InChI is InChI=1S/C19H23N3O5S/c1-14-4-5-15(2)18(12-14)27-17-7-6-16(22(23)24)13-19(17)28(25,26)21-10-8-20(3)9-11-21/h4-7,12-13H,8-11H2,1-3H3. The summed E-state index contributed by atoms with van der Waals surface area (Å²) in [6.45, 7) is 5.61. The van der Waals surface area contributed by atoms with E-state index in [1.165, 1.54) is 16.4 Å². The first-order valence-corrected chi connectivity index (χ1v) is 10.3. The molecular formula is C19H23N3O5S. The number of nitro benzene ring substituents is 1. The van der Waals surface area contributed by atoms with Gasteiger partial charge in [0.25, 0.3) is 5.69 Å².